The van der Waals surface area contributed by atoms with Gasteiger partial charge in [0.1, 0.15) is 12.2 Å². The molecular formula is C6H10O8Zn. The van der Waals surface area contributed by atoms with Crippen LogP contribution in [0.2, 0.25) is 0 Å². The van der Waals surface area contributed by atoms with Crippen molar-refractivity contribution < 1.29 is 59.7 Å². The minimum Gasteiger partial charge on any atom is -0.479 e. The van der Waals surface area contributed by atoms with Gasteiger partial charge in [-0.2, -0.15) is 0 Å². The van der Waals surface area contributed by atoms with E-state index in [1.54, 1.807) is 0 Å². The SMILES string of the molecule is O=C(O)[C@H](O)[C@H](O)[C@@H](O)[C@@H](O)C(=O)O.[Zn]. The van der Waals surface area contributed by atoms with Crippen molar-refractivity contribution in [3.63, 3.8) is 0 Å². The fraction of sp³-hybridized carbons (Fsp3) is 0.667. The van der Waals surface area contributed by atoms with Gasteiger partial charge >= 0.3 is 11.9 Å². The Morgan fingerprint density at radius 3 is 1.07 bits per heavy atom. The largest absolute Gasteiger partial charge is 0.479 e. The molecule has 0 aliphatic rings. The third-order valence-electron chi connectivity index (χ3n) is 1.50. The minimum absolute atomic E-state index is 0. The molecule has 0 spiro atoms. The predicted octanol–water partition coefficient (Wildman–Crippen LogP) is -3.40. The number of carboxylic acid groups (broad SMARTS) is 2. The van der Waals surface area contributed by atoms with Gasteiger partial charge in [0, 0.05) is 19.5 Å². The van der Waals surface area contributed by atoms with E-state index >= 15 is 0 Å². The monoisotopic (exact) mass is 274 g/mol. The summed E-state index contributed by atoms with van der Waals surface area (Å²) in [5, 5.41) is 51.5. The maximum atomic E-state index is 10.1. The Morgan fingerprint density at radius 1 is 0.733 bits per heavy atom. The van der Waals surface area contributed by atoms with Crippen LogP contribution in [0.4, 0.5) is 0 Å². The molecule has 0 aromatic carbocycles. The Morgan fingerprint density at radius 2 is 0.933 bits per heavy atom. The average molecular weight is 276 g/mol. The van der Waals surface area contributed by atoms with E-state index in [4.69, 9.17) is 30.6 Å². The summed E-state index contributed by atoms with van der Waals surface area (Å²) >= 11 is 0. The average Bonchev–Trinajstić information content (AvgIpc) is 2.12. The summed E-state index contributed by atoms with van der Waals surface area (Å²) in [5.41, 5.74) is 0. The van der Waals surface area contributed by atoms with Gasteiger partial charge in [0.2, 0.25) is 0 Å². The molecule has 0 bridgehead atoms. The second-order valence-corrected chi connectivity index (χ2v) is 2.55. The number of aliphatic carboxylic acids is 2. The van der Waals surface area contributed by atoms with Crippen LogP contribution in [-0.4, -0.2) is 67.0 Å². The van der Waals surface area contributed by atoms with Crippen LogP contribution in [0.3, 0.4) is 0 Å². The molecule has 15 heavy (non-hydrogen) atoms. The number of aliphatic hydroxyl groups is 4. The van der Waals surface area contributed by atoms with Crippen molar-refractivity contribution in [2.45, 2.75) is 24.4 Å². The van der Waals surface area contributed by atoms with E-state index in [9.17, 15) is 9.59 Å². The van der Waals surface area contributed by atoms with Crippen molar-refractivity contribution in [2.75, 3.05) is 0 Å². The van der Waals surface area contributed by atoms with Crippen LogP contribution in [0.25, 0.3) is 0 Å². The standard InChI is InChI=1S/C6H10O8.Zn/c7-1(3(9)5(11)12)2(8)4(10)6(13)14;/h1-4,7-10H,(H,11,12)(H,13,14);/t1-,2-,3-,4-;/m1./s1. The first-order chi connectivity index (χ1) is 6.29. The molecule has 0 aromatic heterocycles. The Balaban J connectivity index is 0. The van der Waals surface area contributed by atoms with Gasteiger partial charge in [0.25, 0.3) is 0 Å². The second kappa shape index (κ2) is 6.81. The summed E-state index contributed by atoms with van der Waals surface area (Å²) < 4.78 is 0. The number of aliphatic hydroxyl groups excluding tert-OH is 4. The smallest absolute Gasteiger partial charge is 0.335 e. The van der Waals surface area contributed by atoms with Gasteiger partial charge < -0.3 is 30.6 Å². The quantitative estimate of drug-likeness (QED) is 0.284. The van der Waals surface area contributed by atoms with Gasteiger partial charge in [0.05, 0.1) is 0 Å². The van der Waals surface area contributed by atoms with Crippen LogP contribution in [0.5, 0.6) is 0 Å². The molecule has 0 heterocycles. The van der Waals surface area contributed by atoms with Crippen molar-refractivity contribution in [1.29, 1.82) is 0 Å². The van der Waals surface area contributed by atoms with E-state index in [1.807, 2.05) is 0 Å². The van der Waals surface area contributed by atoms with Crippen molar-refractivity contribution in [1.82, 2.24) is 0 Å². The zero-order valence-corrected chi connectivity index (χ0v) is 10.5. The first-order valence-corrected chi connectivity index (χ1v) is 3.47. The topological polar surface area (TPSA) is 156 Å². The molecule has 0 saturated carbocycles. The minimum atomic E-state index is -2.36. The first kappa shape index (κ1) is 16.8. The predicted molar refractivity (Wildman–Crippen MR) is 39.3 cm³/mol. The number of rotatable bonds is 5. The number of hydrogen-bond donors (Lipinski definition) is 6. The number of carboxylic acids is 2. The van der Waals surface area contributed by atoms with E-state index in [0.29, 0.717) is 0 Å². The van der Waals surface area contributed by atoms with Crippen molar-refractivity contribution in [3.05, 3.63) is 0 Å². The van der Waals surface area contributed by atoms with Gasteiger partial charge in [-0.1, -0.05) is 0 Å². The summed E-state index contributed by atoms with van der Waals surface area (Å²) in [6.07, 6.45) is -9.28. The zero-order chi connectivity index (χ0) is 11.5. The van der Waals surface area contributed by atoms with Crippen LogP contribution in [0.1, 0.15) is 0 Å². The van der Waals surface area contributed by atoms with E-state index in [-0.39, 0.29) is 19.5 Å². The number of hydrogen-bond acceptors (Lipinski definition) is 6. The summed E-state index contributed by atoms with van der Waals surface area (Å²) in [4.78, 5) is 20.2. The molecule has 0 rings (SSSR count). The van der Waals surface area contributed by atoms with E-state index < -0.39 is 36.4 Å². The van der Waals surface area contributed by atoms with E-state index in [1.165, 1.54) is 0 Å². The van der Waals surface area contributed by atoms with E-state index in [2.05, 4.69) is 0 Å². The van der Waals surface area contributed by atoms with Crippen molar-refractivity contribution in [2.24, 2.45) is 0 Å². The van der Waals surface area contributed by atoms with Crippen LogP contribution >= 0.6 is 0 Å². The molecule has 0 unspecified atom stereocenters. The molecule has 8 nitrogen and oxygen atoms in total. The molecule has 9 heteroatoms. The van der Waals surface area contributed by atoms with Crippen LogP contribution < -0.4 is 0 Å². The molecule has 0 fully saturated rings. The van der Waals surface area contributed by atoms with Gasteiger partial charge in [-0.25, -0.2) is 9.59 Å². The Hall–Kier alpha value is -0.597. The molecule has 4 atom stereocenters. The first-order valence-electron chi connectivity index (χ1n) is 3.47. The molecule has 0 saturated heterocycles. The second-order valence-electron chi connectivity index (χ2n) is 2.55. The maximum absolute atomic E-state index is 10.1. The Kier molecular flexibility index (Phi) is 7.63. The maximum Gasteiger partial charge on any atom is 0.335 e. The van der Waals surface area contributed by atoms with Crippen LogP contribution in [0, 0.1) is 0 Å². The fourth-order valence-corrected chi connectivity index (χ4v) is 0.666. The molecule has 0 amide bonds. The molecule has 84 valence electrons. The summed E-state index contributed by atoms with van der Waals surface area (Å²) in [5.74, 6) is -3.68. The Bertz CT molecular complexity index is 207. The summed E-state index contributed by atoms with van der Waals surface area (Å²) in [6.45, 7) is 0. The molecule has 0 radical (unpaired) electrons. The summed E-state index contributed by atoms with van der Waals surface area (Å²) in [6, 6.07) is 0. The normalized spacial score (nSPS) is 18.1. The third kappa shape index (κ3) is 4.63. The number of carbonyl (C=O) groups is 2. The molecule has 0 aliphatic heterocycles. The van der Waals surface area contributed by atoms with Gasteiger partial charge in [-0.05, 0) is 0 Å². The van der Waals surface area contributed by atoms with Crippen molar-refractivity contribution >= 4 is 11.9 Å². The van der Waals surface area contributed by atoms with E-state index in [0.717, 1.165) is 0 Å². The molecule has 0 aliphatic carbocycles. The third-order valence-corrected chi connectivity index (χ3v) is 1.50. The summed E-state index contributed by atoms with van der Waals surface area (Å²) in [7, 11) is 0. The fourth-order valence-electron chi connectivity index (χ4n) is 0.666. The molecular weight excluding hydrogens is 265 g/mol. The van der Waals surface area contributed by atoms with Gasteiger partial charge in [-0.15, -0.1) is 0 Å². The molecule has 0 aromatic rings. The van der Waals surface area contributed by atoms with Gasteiger partial charge in [-0.3, -0.25) is 0 Å². The van der Waals surface area contributed by atoms with Crippen LogP contribution in [-0.2, 0) is 29.1 Å². The van der Waals surface area contributed by atoms with Crippen molar-refractivity contribution in [3.8, 4) is 0 Å². The Labute approximate surface area is 96.5 Å². The molecule has 6 N–H and O–H groups in total. The van der Waals surface area contributed by atoms with Crippen LogP contribution in [0.15, 0.2) is 0 Å². The van der Waals surface area contributed by atoms with Gasteiger partial charge in [0.15, 0.2) is 12.2 Å². The zero-order valence-electron chi connectivity index (χ0n) is 7.52.